The lowest BCUT2D eigenvalue weighted by Crippen LogP contribution is -1.68. The molecule has 0 spiro atoms. The standard InChI is InChI=1S/C7H9Cl/c1-6(8)2-3-7-4-5-7/h4H,1-3,5H2. The van der Waals surface area contributed by atoms with E-state index in [0.29, 0.717) is 0 Å². The zero-order chi connectivity index (χ0) is 5.98. The quantitative estimate of drug-likeness (QED) is 0.513. The fraction of sp³-hybridized carbons (Fsp3) is 0.429. The van der Waals surface area contributed by atoms with Crippen molar-refractivity contribution in [2.24, 2.45) is 0 Å². The maximum Gasteiger partial charge on any atom is 0.0112 e. The smallest absolute Gasteiger partial charge is 0.0112 e. The van der Waals surface area contributed by atoms with Gasteiger partial charge in [-0.15, -0.1) is 0 Å². The third-order valence-corrected chi connectivity index (χ3v) is 1.40. The van der Waals surface area contributed by atoms with Crippen molar-refractivity contribution in [1.82, 2.24) is 0 Å². The molecule has 0 saturated heterocycles. The molecule has 1 heteroatoms. The van der Waals surface area contributed by atoms with Crippen molar-refractivity contribution in [2.45, 2.75) is 19.3 Å². The summed E-state index contributed by atoms with van der Waals surface area (Å²) in [5.74, 6) is 0. The van der Waals surface area contributed by atoms with Crippen molar-refractivity contribution >= 4 is 11.6 Å². The van der Waals surface area contributed by atoms with Gasteiger partial charge in [-0.05, 0) is 19.3 Å². The predicted octanol–water partition coefficient (Wildman–Crippen LogP) is 2.85. The molecule has 0 bridgehead atoms. The molecule has 0 nitrogen and oxygen atoms in total. The van der Waals surface area contributed by atoms with Crippen LogP contribution in [0.2, 0.25) is 0 Å². The van der Waals surface area contributed by atoms with Crippen LogP contribution in [-0.4, -0.2) is 0 Å². The first-order valence-corrected chi connectivity index (χ1v) is 3.18. The van der Waals surface area contributed by atoms with Crippen molar-refractivity contribution in [1.29, 1.82) is 0 Å². The van der Waals surface area contributed by atoms with Crippen LogP contribution in [0.4, 0.5) is 0 Å². The molecule has 0 fully saturated rings. The van der Waals surface area contributed by atoms with Crippen molar-refractivity contribution in [3.8, 4) is 0 Å². The molecule has 0 N–H and O–H groups in total. The van der Waals surface area contributed by atoms with E-state index in [2.05, 4.69) is 12.7 Å². The summed E-state index contributed by atoms with van der Waals surface area (Å²) >= 11 is 5.53. The predicted molar refractivity (Wildman–Crippen MR) is 36.9 cm³/mol. The largest absolute Gasteiger partial charge is 0.0898 e. The average molecular weight is 129 g/mol. The van der Waals surface area contributed by atoms with Crippen LogP contribution in [0.5, 0.6) is 0 Å². The fourth-order valence-electron chi connectivity index (χ4n) is 0.572. The Bertz CT molecular complexity index is 131. The summed E-state index contributed by atoms with van der Waals surface area (Å²) < 4.78 is 0. The molecule has 0 amide bonds. The lowest BCUT2D eigenvalue weighted by Gasteiger charge is -1.89. The summed E-state index contributed by atoms with van der Waals surface area (Å²) in [6.45, 7) is 3.59. The Balaban J connectivity index is 2.04. The third-order valence-electron chi connectivity index (χ3n) is 1.21. The Hall–Kier alpha value is -0.230. The van der Waals surface area contributed by atoms with Crippen molar-refractivity contribution in [2.75, 3.05) is 0 Å². The third kappa shape index (κ3) is 2.17. The van der Waals surface area contributed by atoms with Gasteiger partial charge in [0, 0.05) is 5.03 Å². The Labute approximate surface area is 54.8 Å². The first-order chi connectivity index (χ1) is 3.79. The van der Waals surface area contributed by atoms with Crippen LogP contribution >= 0.6 is 11.6 Å². The summed E-state index contributed by atoms with van der Waals surface area (Å²) in [5.41, 5.74) is 1.53. The van der Waals surface area contributed by atoms with Crippen molar-refractivity contribution in [3.05, 3.63) is 23.3 Å². The van der Waals surface area contributed by atoms with Crippen LogP contribution in [0.25, 0.3) is 0 Å². The molecule has 0 heterocycles. The van der Waals surface area contributed by atoms with Gasteiger partial charge in [0.2, 0.25) is 0 Å². The highest BCUT2D eigenvalue weighted by Gasteiger charge is 2.05. The minimum atomic E-state index is 0.776. The SMILES string of the molecule is C=C(Cl)CCC1=CC1. The first kappa shape index (κ1) is 5.90. The Morgan fingerprint density at radius 1 is 1.88 bits per heavy atom. The monoisotopic (exact) mass is 128 g/mol. The Morgan fingerprint density at radius 3 is 2.88 bits per heavy atom. The molecule has 0 atom stereocenters. The molecule has 1 rings (SSSR count). The first-order valence-electron chi connectivity index (χ1n) is 2.80. The second-order valence-electron chi connectivity index (χ2n) is 2.08. The summed E-state index contributed by atoms with van der Waals surface area (Å²) in [4.78, 5) is 0. The van der Waals surface area contributed by atoms with Crippen LogP contribution in [-0.2, 0) is 0 Å². The molecule has 0 aliphatic heterocycles. The van der Waals surface area contributed by atoms with Gasteiger partial charge in [0.1, 0.15) is 0 Å². The number of allylic oxidation sites excluding steroid dienone is 3. The van der Waals surface area contributed by atoms with E-state index in [1.165, 1.54) is 12.0 Å². The van der Waals surface area contributed by atoms with Gasteiger partial charge in [0.15, 0.2) is 0 Å². The number of halogens is 1. The van der Waals surface area contributed by atoms with Gasteiger partial charge in [-0.3, -0.25) is 0 Å². The van der Waals surface area contributed by atoms with Crippen LogP contribution in [0.15, 0.2) is 23.3 Å². The van der Waals surface area contributed by atoms with E-state index >= 15 is 0 Å². The number of hydrogen-bond donors (Lipinski definition) is 0. The molecule has 1 aliphatic rings. The van der Waals surface area contributed by atoms with Gasteiger partial charge in [-0.25, -0.2) is 0 Å². The molecule has 1 aliphatic carbocycles. The molecule has 0 radical (unpaired) electrons. The number of rotatable bonds is 3. The lowest BCUT2D eigenvalue weighted by atomic mass is 10.2. The zero-order valence-corrected chi connectivity index (χ0v) is 5.54. The highest BCUT2D eigenvalue weighted by Crippen LogP contribution is 2.25. The topological polar surface area (TPSA) is 0 Å². The molecule has 0 saturated carbocycles. The second-order valence-corrected chi connectivity index (χ2v) is 2.62. The highest BCUT2D eigenvalue weighted by molar-refractivity contribution is 6.29. The van der Waals surface area contributed by atoms with Crippen LogP contribution in [0.1, 0.15) is 19.3 Å². The van der Waals surface area contributed by atoms with E-state index in [1.54, 1.807) is 0 Å². The van der Waals surface area contributed by atoms with E-state index in [9.17, 15) is 0 Å². The van der Waals surface area contributed by atoms with E-state index in [-0.39, 0.29) is 0 Å². The summed E-state index contributed by atoms with van der Waals surface area (Å²) in [7, 11) is 0. The van der Waals surface area contributed by atoms with Gasteiger partial charge in [-0.1, -0.05) is 29.8 Å². The molecule has 44 valence electrons. The summed E-state index contributed by atoms with van der Waals surface area (Å²) in [5, 5.41) is 0.776. The fourth-order valence-corrected chi connectivity index (χ4v) is 0.667. The van der Waals surface area contributed by atoms with Gasteiger partial charge in [-0.2, -0.15) is 0 Å². The van der Waals surface area contributed by atoms with Crippen molar-refractivity contribution in [3.63, 3.8) is 0 Å². The van der Waals surface area contributed by atoms with Crippen molar-refractivity contribution < 1.29 is 0 Å². The lowest BCUT2D eigenvalue weighted by molar-refractivity contribution is 0.997. The van der Waals surface area contributed by atoms with Gasteiger partial charge >= 0.3 is 0 Å². The van der Waals surface area contributed by atoms with Gasteiger partial charge in [0.05, 0.1) is 0 Å². The second kappa shape index (κ2) is 2.36. The minimum Gasteiger partial charge on any atom is -0.0898 e. The Morgan fingerprint density at radius 2 is 2.50 bits per heavy atom. The molecule has 8 heavy (non-hydrogen) atoms. The molecule has 0 aromatic rings. The van der Waals surface area contributed by atoms with Crippen LogP contribution in [0.3, 0.4) is 0 Å². The van der Waals surface area contributed by atoms with E-state index in [0.717, 1.165) is 17.9 Å². The maximum atomic E-state index is 5.53. The molecule has 0 aromatic carbocycles. The van der Waals surface area contributed by atoms with Crippen LogP contribution < -0.4 is 0 Å². The summed E-state index contributed by atoms with van der Waals surface area (Å²) in [6, 6.07) is 0. The average Bonchev–Trinajstić information content (AvgIpc) is 2.41. The van der Waals surface area contributed by atoms with E-state index < -0.39 is 0 Å². The minimum absolute atomic E-state index is 0.776. The molecule has 0 aromatic heterocycles. The zero-order valence-electron chi connectivity index (χ0n) is 4.78. The maximum absolute atomic E-state index is 5.53. The van der Waals surface area contributed by atoms with E-state index in [4.69, 9.17) is 11.6 Å². The molecule has 0 unspecified atom stereocenters. The molecular formula is C7H9Cl. The summed E-state index contributed by atoms with van der Waals surface area (Å²) in [6.07, 6.45) is 5.51. The van der Waals surface area contributed by atoms with E-state index in [1.807, 2.05) is 0 Å². The van der Waals surface area contributed by atoms with Gasteiger partial charge < -0.3 is 0 Å². The normalized spacial score (nSPS) is 15.4. The highest BCUT2D eigenvalue weighted by atomic mass is 35.5. The van der Waals surface area contributed by atoms with Crippen LogP contribution in [0, 0.1) is 0 Å². The Kier molecular flexibility index (Phi) is 1.74. The molecular weight excluding hydrogens is 120 g/mol. The van der Waals surface area contributed by atoms with Gasteiger partial charge in [0.25, 0.3) is 0 Å². The number of hydrogen-bond acceptors (Lipinski definition) is 0.